The summed E-state index contributed by atoms with van der Waals surface area (Å²) in [5.74, 6) is 0. The van der Waals surface area contributed by atoms with Crippen molar-refractivity contribution in [1.82, 2.24) is 0 Å². The van der Waals surface area contributed by atoms with Crippen molar-refractivity contribution in [3.63, 3.8) is 0 Å². The van der Waals surface area contributed by atoms with Crippen molar-refractivity contribution in [2.75, 3.05) is 0 Å². The Morgan fingerprint density at radius 1 is 0.889 bits per heavy atom. The molecule has 1 aromatic carbocycles. The Bertz CT molecular complexity index is 534. The molecule has 0 saturated heterocycles. The minimum absolute atomic E-state index is 0. The summed E-state index contributed by atoms with van der Waals surface area (Å²) in [6, 6.07) is 11.0. The molecule has 2 aliphatic carbocycles. The molecule has 0 saturated carbocycles. The Balaban J connectivity index is 0.00000133. The van der Waals surface area contributed by atoms with E-state index in [4.69, 9.17) is 0 Å². The van der Waals surface area contributed by atoms with Gasteiger partial charge in [-0.2, -0.15) is 0 Å². The Morgan fingerprint density at radius 2 is 1.44 bits per heavy atom. The van der Waals surface area contributed by atoms with E-state index < -0.39 is 0 Å². The third-order valence-electron chi connectivity index (χ3n) is 3.71. The second-order valence-electron chi connectivity index (χ2n) is 4.76. The van der Waals surface area contributed by atoms with Gasteiger partial charge in [0.15, 0.2) is 0 Å². The standard InChI is InChI=1S/C17H15.Hf.H/c1-2-8-14(9-3-1)17(15-10-4-5-11-15)16-12-6-7-13-16;;/h1-10,12H,11,13H2;;/q;;-1. The number of rotatable bonds is 3. The van der Waals surface area contributed by atoms with Crippen LogP contribution in [0.1, 0.15) is 19.8 Å². The van der Waals surface area contributed by atoms with E-state index >= 15 is 0 Å². The third kappa shape index (κ3) is 1.95. The molecule has 3 rings (SSSR count). The van der Waals surface area contributed by atoms with Gasteiger partial charge in [0.1, 0.15) is 0 Å². The van der Waals surface area contributed by atoms with Gasteiger partial charge in [0, 0.05) is 0 Å². The molecule has 0 aliphatic heterocycles. The summed E-state index contributed by atoms with van der Waals surface area (Å²) in [4.78, 5) is 0. The van der Waals surface area contributed by atoms with Gasteiger partial charge in [0.05, 0.1) is 0 Å². The number of hydrogen-bond donors (Lipinski definition) is 0. The van der Waals surface area contributed by atoms with Crippen LogP contribution in [-0.2, 0) is 27.5 Å². The Kier molecular flexibility index (Phi) is 3.34. The topological polar surface area (TPSA) is 0 Å². The van der Waals surface area contributed by atoms with Crippen molar-refractivity contribution in [3.05, 3.63) is 83.5 Å². The molecule has 0 heterocycles. The molecule has 2 aliphatic rings. The molecule has 0 spiro atoms. The minimum atomic E-state index is 0. The molecule has 0 aromatic heterocycles. The van der Waals surface area contributed by atoms with E-state index in [0.29, 0.717) is 0 Å². The molecule has 89 valence electrons. The van der Waals surface area contributed by atoms with Crippen molar-refractivity contribution in [3.8, 4) is 0 Å². The molecule has 18 heavy (non-hydrogen) atoms. The average molecular weight is 399 g/mol. The molecule has 1 aromatic rings. The van der Waals surface area contributed by atoms with E-state index in [0.717, 1.165) is 37.2 Å². The van der Waals surface area contributed by atoms with Gasteiger partial charge in [0.25, 0.3) is 0 Å². The Morgan fingerprint density at radius 3 is 1.89 bits per heavy atom. The Hall–Kier alpha value is -0.950. The van der Waals surface area contributed by atoms with Crippen molar-refractivity contribution < 1.29 is 25.8 Å². The number of allylic oxidation sites excluding steroid dienone is 8. The molecular weight excluding hydrogens is 383 g/mol. The van der Waals surface area contributed by atoms with Crippen LogP contribution in [0.5, 0.6) is 0 Å². The van der Waals surface area contributed by atoms with Crippen LogP contribution in [0, 0.1) is 0 Å². The first kappa shape index (κ1) is 12.1. The van der Waals surface area contributed by atoms with Gasteiger partial charge in [-0.25, -0.2) is 0 Å². The molecule has 0 atom stereocenters. The SMILES string of the molecule is [H-].[Hf][C](C1=CC=CC1)(C1=CC=CC1)c1ccccc1. The van der Waals surface area contributed by atoms with Gasteiger partial charge in [-0.3, -0.25) is 0 Å². The maximum absolute atomic E-state index is 2.32. The summed E-state index contributed by atoms with van der Waals surface area (Å²) in [7, 11) is 0. The van der Waals surface area contributed by atoms with Crippen LogP contribution in [0.15, 0.2) is 77.9 Å². The van der Waals surface area contributed by atoms with E-state index in [-0.39, 0.29) is 4.60 Å². The van der Waals surface area contributed by atoms with Crippen molar-refractivity contribution in [2.24, 2.45) is 0 Å². The van der Waals surface area contributed by atoms with Gasteiger partial charge in [-0.15, -0.1) is 0 Å². The molecule has 0 amide bonds. The first-order valence-electron chi connectivity index (χ1n) is 6.34. The zero-order valence-corrected chi connectivity index (χ0v) is 13.9. The number of hydrogen-bond acceptors (Lipinski definition) is 0. The zero-order chi connectivity index (χ0) is 12.4. The van der Waals surface area contributed by atoms with Crippen LogP contribution in [-0.4, -0.2) is 0 Å². The number of benzene rings is 1. The molecule has 0 bridgehead atoms. The summed E-state index contributed by atoms with van der Waals surface area (Å²) in [5, 5.41) is 0. The molecule has 0 N–H and O–H groups in total. The van der Waals surface area contributed by atoms with Gasteiger partial charge in [-0.1, -0.05) is 0 Å². The van der Waals surface area contributed by atoms with Crippen LogP contribution in [0.25, 0.3) is 0 Å². The van der Waals surface area contributed by atoms with Crippen molar-refractivity contribution >= 4 is 0 Å². The summed E-state index contributed by atoms with van der Waals surface area (Å²) >= 11 is 1.12. The predicted molar refractivity (Wildman–Crippen MR) is 72.9 cm³/mol. The monoisotopic (exact) mass is 400 g/mol. The molecular formula is C17H16Hf-. The van der Waals surface area contributed by atoms with Crippen molar-refractivity contribution in [1.29, 1.82) is 0 Å². The molecule has 1 heteroatoms. The van der Waals surface area contributed by atoms with Gasteiger partial charge in [-0.05, 0) is 0 Å². The first-order chi connectivity index (χ1) is 8.82. The van der Waals surface area contributed by atoms with Crippen LogP contribution in [0.2, 0.25) is 0 Å². The second-order valence-corrected chi connectivity index (χ2v) is 7.46. The second kappa shape index (κ2) is 4.97. The third-order valence-corrected chi connectivity index (χ3v) is 7.06. The molecule has 0 radical (unpaired) electrons. The van der Waals surface area contributed by atoms with Gasteiger partial charge < -0.3 is 1.43 Å². The van der Waals surface area contributed by atoms with E-state index in [1.54, 1.807) is 11.1 Å². The predicted octanol–water partition coefficient (Wildman–Crippen LogP) is 4.31. The quantitative estimate of drug-likeness (QED) is 0.665. The van der Waals surface area contributed by atoms with Gasteiger partial charge >= 0.3 is 124 Å². The molecule has 0 nitrogen and oxygen atoms in total. The zero-order valence-electron chi connectivity index (χ0n) is 11.3. The Labute approximate surface area is 125 Å². The summed E-state index contributed by atoms with van der Waals surface area (Å²) in [6.07, 6.45) is 15.8. The fourth-order valence-electron chi connectivity index (χ4n) is 2.72. The van der Waals surface area contributed by atoms with E-state index in [9.17, 15) is 0 Å². The fourth-order valence-corrected chi connectivity index (χ4v) is 4.65. The fraction of sp³-hybridized carbons (Fsp3) is 0.176. The normalized spacial score (nSPS) is 17.9. The first-order valence-corrected chi connectivity index (χ1v) is 8.14. The molecule has 0 unspecified atom stereocenters. The molecule has 0 fully saturated rings. The summed E-state index contributed by atoms with van der Waals surface area (Å²) < 4.78 is 0.189. The van der Waals surface area contributed by atoms with Crippen LogP contribution < -0.4 is 0 Å². The van der Waals surface area contributed by atoms with E-state index in [1.165, 1.54) is 5.56 Å². The maximum atomic E-state index is 2.32. The van der Waals surface area contributed by atoms with Crippen LogP contribution >= 0.6 is 0 Å². The summed E-state index contributed by atoms with van der Waals surface area (Å²) in [6.45, 7) is 0. The van der Waals surface area contributed by atoms with Crippen LogP contribution in [0.3, 0.4) is 0 Å². The van der Waals surface area contributed by atoms with E-state index in [2.05, 4.69) is 66.8 Å². The van der Waals surface area contributed by atoms with Crippen molar-refractivity contribution in [2.45, 2.75) is 16.0 Å². The average Bonchev–Trinajstić information content (AvgIpc) is 3.12. The van der Waals surface area contributed by atoms with E-state index in [1.807, 2.05) is 0 Å². The van der Waals surface area contributed by atoms with Crippen LogP contribution in [0.4, 0.5) is 0 Å². The summed E-state index contributed by atoms with van der Waals surface area (Å²) in [5.41, 5.74) is 4.59. The van der Waals surface area contributed by atoms with Gasteiger partial charge in [0.2, 0.25) is 0 Å².